The largest absolute Gasteiger partial charge is 0.416 e. The molecule has 2 aromatic rings. The minimum atomic E-state index is -4.42. The van der Waals surface area contributed by atoms with E-state index in [2.05, 4.69) is 15.9 Å². The lowest BCUT2D eigenvalue weighted by molar-refractivity contribution is -0.137. The number of hydrogen-bond donors (Lipinski definition) is 0. The summed E-state index contributed by atoms with van der Waals surface area (Å²) in [5, 5.41) is 0. The fourth-order valence-electron chi connectivity index (χ4n) is 4.85. The number of sulfonamides is 1. The second kappa shape index (κ2) is 11.1. The molecule has 2 fully saturated rings. The number of alkyl halides is 3. The highest BCUT2D eigenvalue weighted by molar-refractivity contribution is 9.10. The third kappa shape index (κ3) is 6.23. The molecule has 1 saturated carbocycles. The van der Waals surface area contributed by atoms with Crippen LogP contribution in [-0.4, -0.2) is 62.3 Å². The van der Waals surface area contributed by atoms with Crippen molar-refractivity contribution >= 4 is 37.5 Å². The molecule has 4 rings (SSSR count). The average molecular weight is 588 g/mol. The first kappa shape index (κ1) is 26.9. The van der Waals surface area contributed by atoms with Crippen molar-refractivity contribution in [3.63, 3.8) is 0 Å². The van der Waals surface area contributed by atoms with E-state index in [0.717, 1.165) is 35.9 Å². The molecular weight excluding hydrogens is 559 g/mol. The van der Waals surface area contributed by atoms with Crippen LogP contribution in [0.4, 0.5) is 18.9 Å². The van der Waals surface area contributed by atoms with Gasteiger partial charge in [-0.3, -0.25) is 4.79 Å². The van der Waals surface area contributed by atoms with Gasteiger partial charge in [-0.1, -0.05) is 41.3 Å². The minimum Gasteiger partial charge on any atom is -0.368 e. The monoisotopic (exact) mass is 587 g/mol. The Kier molecular flexibility index (Phi) is 8.31. The molecule has 0 bridgehead atoms. The summed E-state index contributed by atoms with van der Waals surface area (Å²) < 4.78 is 68.5. The Morgan fingerprint density at radius 2 is 1.61 bits per heavy atom. The first-order valence-corrected chi connectivity index (χ1v) is 14.3. The van der Waals surface area contributed by atoms with Gasteiger partial charge >= 0.3 is 6.18 Å². The third-order valence-corrected chi connectivity index (χ3v) is 9.31. The summed E-state index contributed by atoms with van der Waals surface area (Å²) in [5.74, 6) is -0.287. The molecule has 2 aromatic carbocycles. The Bertz CT molecular complexity index is 1160. The Hall–Kier alpha value is -2.11. The number of piperazine rings is 1. The van der Waals surface area contributed by atoms with Crippen LogP contribution in [0.15, 0.2) is 57.9 Å². The van der Waals surface area contributed by atoms with E-state index in [0.29, 0.717) is 44.7 Å². The highest BCUT2D eigenvalue weighted by Crippen LogP contribution is 2.32. The van der Waals surface area contributed by atoms with Crippen molar-refractivity contribution in [3.05, 3.63) is 58.6 Å². The second-order valence-electron chi connectivity index (χ2n) is 9.21. The van der Waals surface area contributed by atoms with E-state index in [4.69, 9.17) is 0 Å². The molecule has 0 radical (unpaired) electrons. The summed E-state index contributed by atoms with van der Waals surface area (Å²) in [6, 6.07) is 11.3. The highest BCUT2D eigenvalue weighted by Gasteiger charge is 2.36. The summed E-state index contributed by atoms with van der Waals surface area (Å²) in [5.41, 5.74) is -0.252. The number of anilines is 1. The molecule has 2 aliphatic rings. The van der Waals surface area contributed by atoms with Gasteiger partial charge in [0.25, 0.3) is 0 Å². The standard InChI is InChI=1S/C25H29BrF3N3O3S/c26-20-9-11-23(12-10-20)36(34,35)32(21-6-2-1-3-7-21)18-24(33)31-15-13-30(14-16-31)22-8-4-5-19(17-22)25(27,28)29/h4-5,8-12,17,21H,1-3,6-7,13-16,18H2. The predicted molar refractivity (Wildman–Crippen MR) is 135 cm³/mol. The SMILES string of the molecule is O=C(CN(C1CCCCC1)S(=O)(=O)c1ccc(Br)cc1)N1CCN(c2cccc(C(F)(F)F)c2)CC1. The number of hydrogen-bond acceptors (Lipinski definition) is 4. The summed E-state index contributed by atoms with van der Waals surface area (Å²) in [7, 11) is -3.88. The number of amides is 1. The molecule has 0 aromatic heterocycles. The van der Waals surface area contributed by atoms with E-state index in [9.17, 15) is 26.4 Å². The van der Waals surface area contributed by atoms with Crippen molar-refractivity contribution in [2.24, 2.45) is 0 Å². The Morgan fingerprint density at radius 1 is 0.972 bits per heavy atom. The van der Waals surface area contributed by atoms with Gasteiger partial charge in [-0.25, -0.2) is 8.42 Å². The first-order valence-electron chi connectivity index (χ1n) is 12.0. The lowest BCUT2D eigenvalue weighted by Crippen LogP contribution is -2.53. The van der Waals surface area contributed by atoms with E-state index >= 15 is 0 Å². The van der Waals surface area contributed by atoms with Crippen LogP contribution >= 0.6 is 15.9 Å². The van der Waals surface area contributed by atoms with Gasteiger partial charge in [0.15, 0.2) is 0 Å². The van der Waals surface area contributed by atoms with Crippen molar-refractivity contribution in [2.45, 2.75) is 49.2 Å². The minimum absolute atomic E-state index is 0.151. The van der Waals surface area contributed by atoms with E-state index in [-0.39, 0.29) is 23.4 Å². The Labute approximate surface area is 218 Å². The van der Waals surface area contributed by atoms with Gasteiger partial charge in [0.2, 0.25) is 15.9 Å². The maximum Gasteiger partial charge on any atom is 0.416 e. The molecule has 0 atom stereocenters. The van der Waals surface area contributed by atoms with E-state index in [1.54, 1.807) is 23.1 Å². The number of benzene rings is 2. The second-order valence-corrected chi connectivity index (χ2v) is 12.0. The van der Waals surface area contributed by atoms with Gasteiger partial charge in [0.05, 0.1) is 17.0 Å². The summed E-state index contributed by atoms with van der Waals surface area (Å²) >= 11 is 3.32. The van der Waals surface area contributed by atoms with Crippen LogP contribution in [0.1, 0.15) is 37.7 Å². The molecular formula is C25H29BrF3N3O3S. The van der Waals surface area contributed by atoms with Gasteiger partial charge in [0.1, 0.15) is 0 Å². The quantitative estimate of drug-likeness (QED) is 0.469. The molecule has 36 heavy (non-hydrogen) atoms. The lowest BCUT2D eigenvalue weighted by Gasteiger charge is -2.38. The Balaban J connectivity index is 1.46. The maximum atomic E-state index is 13.6. The zero-order valence-corrected chi connectivity index (χ0v) is 22.2. The molecule has 0 unspecified atom stereocenters. The van der Waals surface area contributed by atoms with E-state index in [1.165, 1.54) is 22.5 Å². The maximum absolute atomic E-state index is 13.6. The predicted octanol–water partition coefficient (Wildman–Crippen LogP) is 5.14. The van der Waals surface area contributed by atoms with Crippen molar-refractivity contribution < 1.29 is 26.4 Å². The molecule has 11 heteroatoms. The number of carbonyl (C=O) groups is 1. The smallest absolute Gasteiger partial charge is 0.368 e. The number of rotatable bonds is 6. The van der Waals surface area contributed by atoms with Crippen LogP contribution in [0, 0.1) is 0 Å². The molecule has 1 aliphatic carbocycles. The van der Waals surface area contributed by atoms with Gasteiger partial charge in [-0.05, 0) is 55.3 Å². The molecule has 1 heterocycles. The van der Waals surface area contributed by atoms with Crippen LogP contribution in [0.5, 0.6) is 0 Å². The fourth-order valence-corrected chi connectivity index (χ4v) is 6.75. The summed E-state index contributed by atoms with van der Waals surface area (Å²) in [6.45, 7) is 1.12. The number of carbonyl (C=O) groups excluding carboxylic acids is 1. The normalized spacial score (nSPS) is 18.0. The van der Waals surface area contributed by atoms with Crippen molar-refractivity contribution in [2.75, 3.05) is 37.6 Å². The highest BCUT2D eigenvalue weighted by atomic mass is 79.9. The average Bonchev–Trinajstić information content (AvgIpc) is 2.87. The van der Waals surface area contributed by atoms with Crippen LogP contribution in [-0.2, 0) is 21.0 Å². The molecule has 1 amide bonds. The third-order valence-electron chi connectivity index (χ3n) is 6.86. The zero-order valence-electron chi connectivity index (χ0n) is 19.8. The molecule has 0 spiro atoms. The van der Waals surface area contributed by atoms with Crippen LogP contribution in [0.25, 0.3) is 0 Å². The first-order chi connectivity index (χ1) is 17.1. The van der Waals surface area contributed by atoms with Gasteiger partial charge < -0.3 is 9.80 Å². The van der Waals surface area contributed by atoms with E-state index in [1.807, 2.05) is 4.90 Å². The molecule has 1 saturated heterocycles. The van der Waals surface area contributed by atoms with Gasteiger partial charge in [0, 0.05) is 42.4 Å². The molecule has 6 nitrogen and oxygen atoms in total. The topological polar surface area (TPSA) is 60.9 Å². The van der Waals surface area contributed by atoms with Crippen LogP contribution in [0.2, 0.25) is 0 Å². The summed E-state index contributed by atoms with van der Waals surface area (Å²) in [6.07, 6.45) is -0.106. The Morgan fingerprint density at radius 3 is 2.22 bits per heavy atom. The fraction of sp³-hybridized carbons (Fsp3) is 0.480. The van der Waals surface area contributed by atoms with Crippen molar-refractivity contribution in [3.8, 4) is 0 Å². The van der Waals surface area contributed by atoms with Crippen LogP contribution in [0.3, 0.4) is 0 Å². The number of halogens is 4. The van der Waals surface area contributed by atoms with Crippen LogP contribution < -0.4 is 4.90 Å². The van der Waals surface area contributed by atoms with Crippen molar-refractivity contribution in [1.82, 2.24) is 9.21 Å². The van der Waals surface area contributed by atoms with E-state index < -0.39 is 21.8 Å². The molecule has 196 valence electrons. The van der Waals surface area contributed by atoms with Gasteiger partial charge in [-0.2, -0.15) is 17.5 Å². The number of nitrogens with zero attached hydrogens (tertiary/aromatic N) is 3. The van der Waals surface area contributed by atoms with Crippen molar-refractivity contribution in [1.29, 1.82) is 0 Å². The summed E-state index contributed by atoms with van der Waals surface area (Å²) in [4.78, 5) is 16.8. The zero-order chi connectivity index (χ0) is 25.9. The van der Waals surface area contributed by atoms with Gasteiger partial charge in [-0.15, -0.1) is 0 Å². The lowest BCUT2D eigenvalue weighted by atomic mass is 9.95. The molecule has 0 N–H and O–H groups in total. The molecule has 1 aliphatic heterocycles.